The van der Waals surface area contributed by atoms with Gasteiger partial charge in [-0.3, -0.25) is 0 Å². The maximum Gasteiger partial charge on any atom is 0.0610 e. The van der Waals surface area contributed by atoms with Crippen molar-refractivity contribution in [2.24, 2.45) is 0 Å². The highest BCUT2D eigenvalue weighted by Crippen LogP contribution is 2.14. The summed E-state index contributed by atoms with van der Waals surface area (Å²) in [5.41, 5.74) is -0.0727. The zero-order valence-electron chi connectivity index (χ0n) is 9.81. The molecule has 0 saturated heterocycles. The first-order valence-electron chi connectivity index (χ1n) is 5.62. The number of aliphatic hydroxyl groups is 1. The van der Waals surface area contributed by atoms with Crippen LogP contribution in [0.15, 0.2) is 0 Å². The quantitative estimate of drug-likeness (QED) is 0.584. The van der Waals surface area contributed by atoms with Crippen LogP contribution in [0, 0.1) is 0 Å². The van der Waals surface area contributed by atoms with E-state index in [-0.39, 0.29) is 12.1 Å². The molecule has 0 spiro atoms. The Morgan fingerprint density at radius 1 is 1.21 bits per heavy atom. The molecule has 0 aromatic heterocycles. The topological polar surface area (TPSA) is 32.3 Å². The summed E-state index contributed by atoms with van der Waals surface area (Å²) in [4.78, 5) is 0. The molecule has 0 fully saturated rings. The third kappa shape index (κ3) is 6.68. The SMILES string of the molecule is CCCNC(C)(CO)CCSCCC. The monoisotopic (exact) mass is 219 g/mol. The first-order chi connectivity index (χ1) is 6.68. The maximum absolute atomic E-state index is 9.30. The van der Waals surface area contributed by atoms with E-state index in [0.29, 0.717) is 0 Å². The second-order valence-electron chi connectivity index (χ2n) is 4.01. The summed E-state index contributed by atoms with van der Waals surface area (Å²) in [5.74, 6) is 2.37. The predicted molar refractivity (Wildman–Crippen MR) is 66.0 cm³/mol. The zero-order chi connectivity index (χ0) is 10.9. The van der Waals surface area contributed by atoms with Crippen molar-refractivity contribution in [1.29, 1.82) is 0 Å². The van der Waals surface area contributed by atoms with Gasteiger partial charge in [-0.1, -0.05) is 13.8 Å². The van der Waals surface area contributed by atoms with Gasteiger partial charge in [-0.2, -0.15) is 11.8 Å². The summed E-state index contributed by atoms with van der Waals surface area (Å²) in [6, 6.07) is 0. The first kappa shape index (κ1) is 14.3. The van der Waals surface area contributed by atoms with E-state index in [1.165, 1.54) is 12.2 Å². The van der Waals surface area contributed by atoms with E-state index in [9.17, 15) is 5.11 Å². The lowest BCUT2D eigenvalue weighted by Crippen LogP contribution is -2.46. The molecular weight excluding hydrogens is 194 g/mol. The minimum atomic E-state index is -0.0727. The predicted octanol–water partition coefficient (Wildman–Crippen LogP) is 2.27. The van der Waals surface area contributed by atoms with Crippen LogP contribution in [-0.4, -0.2) is 35.3 Å². The summed E-state index contributed by atoms with van der Waals surface area (Å²) < 4.78 is 0. The van der Waals surface area contributed by atoms with Gasteiger partial charge in [0.2, 0.25) is 0 Å². The summed E-state index contributed by atoms with van der Waals surface area (Å²) in [6.45, 7) is 7.69. The molecule has 2 N–H and O–H groups in total. The van der Waals surface area contributed by atoms with Crippen LogP contribution in [0.3, 0.4) is 0 Å². The van der Waals surface area contributed by atoms with E-state index in [1.807, 2.05) is 11.8 Å². The minimum absolute atomic E-state index is 0.0727. The molecule has 2 nitrogen and oxygen atoms in total. The number of nitrogens with one attached hydrogen (secondary N) is 1. The maximum atomic E-state index is 9.30. The van der Waals surface area contributed by atoms with Gasteiger partial charge in [0, 0.05) is 5.54 Å². The Labute approximate surface area is 92.9 Å². The van der Waals surface area contributed by atoms with Gasteiger partial charge in [0.1, 0.15) is 0 Å². The molecule has 0 rings (SSSR count). The van der Waals surface area contributed by atoms with Crippen molar-refractivity contribution in [3.63, 3.8) is 0 Å². The highest BCUT2D eigenvalue weighted by Gasteiger charge is 2.21. The molecule has 1 unspecified atom stereocenters. The molecular formula is C11H25NOS. The van der Waals surface area contributed by atoms with Crippen molar-refractivity contribution in [3.8, 4) is 0 Å². The van der Waals surface area contributed by atoms with Crippen LogP contribution in [0.4, 0.5) is 0 Å². The molecule has 0 aromatic carbocycles. The molecule has 3 heteroatoms. The Balaban J connectivity index is 3.63. The van der Waals surface area contributed by atoms with Crippen molar-refractivity contribution >= 4 is 11.8 Å². The molecule has 0 saturated carbocycles. The van der Waals surface area contributed by atoms with Gasteiger partial charge in [-0.05, 0) is 44.2 Å². The third-order valence-corrected chi connectivity index (χ3v) is 3.49. The molecule has 86 valence electrons. The molecule has 0 amide bonds. The average molecular weight is 219 g/mol. The van der Waals surface area contributed by atoms with Crippen molar-refractivity contribution in [3.05, 3.63) is 0 Å². The lowest BCUT2D eigenvalue weighted by atomic mass is 10.0. The molecule has 0 aliphatic rings. The number of aliphatic hydroxyl groups excluding tert-OH is 1. The van der Waals surface area contributed by atoms with Crippen LogP contribution in [0.2, 0.25) is 0 Å². The Bertz CT molecular complexity index is 132. The molecule has 1 atom stereocenters. The van der Waals surface area contributed by atoms with E-state index in [1.54, 1.807) is 0 Å². The van der Waals surface area contributed by atoms with Gasteiger partial charge in [-0.15, -0.1) is 0 Å². The van der Waals surface area contributed by atoms with Crippen LogP contribution in [0.5, 0.6) is 0 Å². The van der Waals surface area contributed by atoms with Gasteiger partial charge in [0.25, 0.3) is 0 Å². The third-order valence-electron chi connectivity index (χ3n) is 2.30. The average Bonchev–Trinajstić information content (AvgIpc) is 2.22. The standard InChI is InChI=1S/C11H25NOS/c1-4-7-12-11(3,10-13)6-9-14-8-5-2/h12-13H,4-10H2,1-3H3. The van der Waals surface area contributed by atoms with E-state index in [2.05, 4.69) is 26.1 Å². The Morgan fingerprint density at radius 2 is 1.93 bits per heavy atom. The van der Waals surface area contributed by atoms with Gasteiger partial charge in [0.15, 0.2) is 0 Å². The second-order valence-corrected chi connectivity index (χ2v) is 5.23. The van der Waals surface area contributed by atoms with E-state index < -0.39 is 0 Å². The Hall–Kier alpha value is 0.270. The minimum Gasteiger partial charge on any atom is -0.394 e. The summed E-state index contributed by atoms with van der Waals surface area (Å²) in [5, 5.41) is 12.7. The number of hydrogen-bond acceptors (Lipinski definition) is 3. The fraction of sp³-hybridized carbons (Fsp3) is 1.00. The summed E-state index contributed by atoms with van der Waals surface area (Å²) in [7, 11) is 0. The second kappa shape index (κ2) is 8.57. The largest absolute Gasteiger partial charge is 0.394 e. The molecule has 0 aromatic rings. The van der Waals surface area contributed by atoms with Crippen LogP contribution in [0.25, 0.3) is 0 Å². The Morgan fingerprint density at radius 3 is 2.43 bits per heavy atom. The van der Waals surface area contributed by atoms with Crippen molar-refractivity contribution in [2.45, 2.75) is 45.6 Å². The number of thioether (sulfide) groups is 1. The van der Waals surface area contributed by atoms with Crippen molar-refractivity contribution in [2.75, 3.05) is 24.7 Å². The molecule has 0 bridgehead atoms. The van der Waals surface area contributed by atoms with Crippen LogP contribution in [-0.2, 0) is 0 Å². The number of hydrogen-bond donors (Lipinski definition) is 2. The van der Waals surface area contributed by atoms with Crippen LogP contribution < -0.4 is 5.32 Å². The van der Waals surface area contributed by atoms with E-state index >= 15 is 0 Å². The summed E-state index contributed by atoms with van der Waals surface area (Å²) >= 11 is 1.98. The molecule has 0 aliphatic heterocycles. The van der Waals surface area contributed by atoms with E-state index in [0.717, 1.165) is 25.1 Å². The molecule has 0 heterocycles. The van der Waals surface area contributed by atoms with Crippen molar-refractivity contribution in [1.82, 2.24) is 5.32 Å². The van der Waals surface area contributed by atoms with Gasteiger partial charge in [0.05, 0.1) is 6.61 Å². The van der Waals surface area contributed by atoms with E-state index in [4.69, 9.17) is 0 Å². The Kier molecular flexibility index (Phi) is 8.73. The lowest BCUT2D eigenvalue weighted by molar-refractivity contribution is 0.171. The summed E-state index contributed by atoms with van der Waals surface area (Å²) in [6.07, 6.45) is 3.41. The van der Waals surface area contributed by atoms with Gasteiger partial charge >= 0.3 is 0 Å². The first-order valence-corrected chi connectivity index (χ1v) is 6.77. The fourth-order valence-corrected chi connectivity index (χ4v) is 2.28. The normalized spacial score (nSPS) is 15.4. The van der Waals surface area contributed by atoms with Crippen molar-refractivity contribution < 1.29 is 5.11 Å². The lowest BCUT2D eigenvalue weighted by Gasteiger charge is -2.28. The highest BCUT2D eigenvalue weighted by atomic mass is 32.2. The van der Waals surface area contributed by atoms with Gasteiger partial charge < -0.3 is 10.4 Å². The molecule has 14 heavy (non-hydrogen) atoms. The highest BCUT2D eigenvalue weighted by molar-refractivity contribution is 7.99. The van der Waals surface area contributed by atoms with Crippen LogP contribution in [0.1, 0.15) is 40.0 Å². The molecule has 0 radical (unpaired) electrons. The van der Waals surface area contributed by atoms with Crippen LogP contribution >= 0.6 is 11.8 Å². The smallest absolute Gasteiger partial charge is 0.0610 e. The molecule has 0 aliphatic carbocycles. The fourth-order valence-electron chi connectivity index (χ4n) is 1.19. The van der Waals surface area contributed by atoms with Gasteiger partial charge in [-0.25, -0.2) is 0 Å². The number of rotatable bonds is 9. The zero-order valence-corrected chi connectivity index (χ0v) is 10.6.